The van der Waals surface area contributed by atoms with Crippen LogP contribution in [0.1, 0.15) is 0 Å². The van der Waals surface area contributed by atoms with Gasteiger partial charge in [0.25, 0.3) is 0 Å². The highest BCUT2D eigenvalue weighted by Gasteiger charge is 2.32. The van der Waals surface area contributed by atoms with Crippen LogP contribution in [0.2, 0.25) is 0 Å². The van der Waals surface area contributed by atoms with Crippen LogP contribution in [0, 0.1) is 3.57 Å². The molecule has 0 amide bonds. The third-order valence-electron chi connectivity index (χ3n) is 2.31. The van der Waals surface area contributed by atoms with Crippen LogP contribution in [0.3, 0.4) is 0 Å². The van der Waals surface area contributed by atoms with Crippen LogP contribution in [0.5, 0.6) is 5.75 Å². The van der Waals surface area contributed by atoms with Crippen molar-refractivity contribution in [3.63, 3.8) is 0 Å². The van der Waals surface area contributed by atoms with Crippen molar-refractivity contribution in [2.45, 2.75) is 6.36 Å². The number of hydrogen-bond donors (Lipinski definition) is 1. The van der Waals surface area contributed by atoms with Crippen LogP contribution in [0.25, 0.3) is 0 Å². The van der Waals surface area contributed by atoms with E-state index in [2.05, 4.69) is 19.5 Å². The monoisotopic (exact) mass is 445 g/mol. The Labute approximate surface area is 142 Å². The SMILES string of the molecule is COC(=O)/C=C(/Nc1ccc(I)cc1OC(F)(F)F)C(=O)OC. The first-order chi connectivity index (χ1) is 10.7. The zero-order valence-corrected chi connectivity index (χ0v) is 14.0. The molecule has 1 aromatic carbocycles. The van der Waals surface area contributed by atoms with Gasteiger partial charge in [-0.15, -0.1) is 13.2 Å². The lowest BCUT2D eigenvalue weighted by atomic mass is 10.2. The van der Waals surface area contributed by atoms with Crippen LogP contribution in [-0.2, 0) is 19.1 Å². The molecule has 1 rings (SSSR count). The van der Waals surface area contributed by atoms with E-state index in [1.807, 2.05) is 0 Å². The van der Waals surface area contributed by atoms with E-state index in [0.717, 1.165) is 26.4 Å². The minimum atomic E-state index is -4.92. The molecule has 0 aliphatic rings. The van der Waals surface area contributed by atoms with Gasteiger partial charge in [-0.25, -0.2) is 9.59 Å². The number of methoxy groups -OCH3 is 2. The van der Waals surface area contributed by atoms with Crippen LogP contribution in [-0.4, -0.2) is 32.5 Å². The molecule has 0 heterocycles. The largest absolute Gasteiger partial charge is 0.573 e. The topological polar surface area (TPSA) is 73.9 Å². The number of anilines is 1. The zero-order chi connectivity index (χ0) is 17.6. The Bertz CT molecular complexity index is 631. The summed E-state index contributed by atoms with van der Waals surface area (Å²) in [7, 11) is 2.13. The van der Waals surface area contributed by atoms with Gasteiger partial charge in [0.1, 0.15) is 5.70 Å². The molecule has 0 atom stereocenters. The van der Waals surface area contributed by atoms with E-state index in [1.54, 1.807) is 22.6 Å². The maximum absolute atomic E-state index is 12.4. The van der Waals surface area contributed by atoms with E-state index < -0.39 is 29.7 Å². The van der Waals surface area contributed by atoms with Crippen molar-refractivity contribution in [3.05, 3.63) is 33.5 Å². The normalized spacial score (nSPS) is 11.7. The number of hydrogen-bond acceptors (Lipinski definition) is 6. The fraction of sp³-hybridized carbons (Fsp3) is 0.231. The molecule has 126 valence electrons. The molecule has 0 aliphatic heterocycles. The molecule has 6 nitrogen and oxygen atoms in total. The third-order valence-corrected chi connectivity index (χ3v) is 2.98. The number of ether oxygens (including phenoxy) is 3. The van der Waals surface area contributed by atoms with Gasteiger partial charge in [-0.3, -0.25) is 0 Å². The van der Waals surface area contributed by atoms with Gasteiger partial charge in [0, 0.05) is 3.57 Å². The fourth-order valence-electron chi connectivity index (χ4n) is 1.39. The summed E-state index contributed by atoms with van der Waals surface area (Å²) in [5.41, 5.74) is -0.587. The van der Waals surface area contributed by atoms with Gasteiger partial charge >= 0.3 is 18.3 Å². The lowest BCUT2D eigenvalue weighted by molar-refractivity contribution is -0.274. The summed E-state index contributed by atoms with van der Waals surface area (Å²) in [5, 5.41) is 2.37. The first-order valence-corrected chi connectivity index (χ1v) is 6.94. The minimum Gasteiger partial charge on any atom is -0.466 e. The van der Waals surface area contributed by atoms with E-state index in [0.29, 0.717) is 3.57 Å². The molecular weight excluding hydrogens is 434 g/mol. The predicted molar refractivity (Wildman–Crippen MR) is 81.6 cm³/mol. The van der Waals surface area contributed by atoms with Crippen molar-refractivity contribution in [2.75, 3.05) is 19.5 Å². The number of benzene rings is 1. The number of esters is 2. The molecule has 0 bridgehead atoms. The van der Waals surface area contributed by atoms with Crippen molar-refractivity contribution in [1.82, 2.24) is 0 Å². The average Bonchev–Trinajstić information content (AvgIpc) is 2.46. The average molecular weight is 445 g/mol. The fourth-order valence-corrected chi connectivity index (χ4v) is 1.85. The first-order valence-electron chi connectivity index (χ1n) is 5.86. The Morgan fingerprint density at radius 1 is 1.22 bits per heavy atom. The van der Waals surface area contributed by atoms with Crippen molar-refractivity contribution in [3.8, 4) is 5.75 Å². The van der Waals surface area contributed by atoms with Crippen LogP contribution < -0.4 is 10.1 Å². The van der Waals surface area contributed by atoms with Gasteiger partial charge in [-0.2, -0.15) is 0 Å². The standard InChI is InChI=1S/C13H11F3INO5/c1-21-11(19)6-9(12(20)22-2)18-8-4-3-7(17)5-10(8)23-13(14,15)16/h3-6,18H,1-2H3/b9-6+. The van der Waals surface area contributed by atoms with E-state index in [-0.39, 0.29) is 5.69 Å². The molecule has 1 N–H and O–H groups in total. The number of carbonyl (C=O) groups excluding carboxylic acids is 2. The molecule has 1 aromatic rings. The molecule has 0 saturated heterocycles. The Hall–Kier alpha value is -1.98. The van der Waals surface area contributed by atoms with Crippen molar-refractivity contribution in [1.29, 1.82) is 0 Å². The summed E-state index contributed by atoms with van der Waals surface area (Å²) in [5.74, 6) is -2.42. The molecule has 0 radical (unpaired) electrons. The third kappa shape index (κ3) is 6.34. The van der Waals surface area contributed by atoms with E-state index in [1.165, 1.54) is 12.1 Å². The molecule has 10 heteroatoms. The van der Waals surface area contributed by atoms with E-state index >= 15 is 0 Å². The van der Waals surface area contributed by atoms with Gasteiger partial charge < -0.3 is 19.5 Å². The summed E-state index contributed by atoms with van der Waals surface area (Å²) in [6.07, 6.45) is -4.17. The Morgan fingerprint density at radius 2 is 1.87 bits per heavy atom. The molecule has 0 aliphatic carbocycles. The Balaban J connectivity index is 3.20. The second-order valence-electron chi connectivity index (χ2n) is 3.89. The highest BCUT2D eigenvalue weighted by atomic mass is 127. The van der Waals surface area contributed by atoms with Gasteiger partial charge in [-0.1, -0.05) is 0 Å². The molecule has 0 fully saturated rings. The van der Waals surface area contributed by atoms with Gasteiger partial charge in [0.2, 0.25) is 0 Å². The Morgan fingerprint density at radius 3 is 2.39 bits per heavy atom. The number of alkyl halides is 3. The van der Waals surface area contributed by atoms with Crippen molar-refractivity contribution >= 4 is 40.2 Å². The second kappa shape index (κ2) is 8.04. The highest BCUT2D eigenvalue weighted by Crippen LogP contribution is 2.32. The van der Waals surface area contributed by atoms with Crippen LogP contribution in [0.15, 0.2) is 30.0 Å². The molecule has 0 saturated carbocycles. The number of rotatable bonds is 5. The molecule has 23 heavy (non-hydrogen) atoms. The summed E-state index contributed by atoms with van der Waals surface area (Å²) >= 11 is 1.80. The van der Waals surface area contributed by atoms with Crippen LogP contribution in [0.4, 0.5) is 18.9 Å². The molecular formula is C13H11F3INO5. The zero-order valence-electron chi connectivity index (χ0n) is 11.9. The number of halogens is 4. The summed E-state index contributed by atoms with van der Waals surface area (Å²) in [4.78, 5) is 22.8. The maximum atomic E-state index is 12.4. The number of nitrogens with one attached hydrogen (secondary N) is 1. The lowest BCUT2D eigenvalue weighted by Crippen LogP contribution is -2.20. The Kier molecular flexibility index (Phi) is 6.66. The van der Waals surface area contributed by atoms with E-state index in [9.17, 15) is 22.8 Å². The smallest absolute Gasteiger partial charge is 0.466 e. The first kappa shape index (κ1) is 19.1. The predicted octanol–water partition coefficient (Wildman–Crippen LogP) is 2.83. The summed E-state index contributed by atoms with van der Waals surface area (Å²) in [6, 6.07) is 3.86. The second-order valence-corrected chi connectivity index (χ2v) is 5.13. The van der Waals surface area contributed by atoms with Crippen molar-refractivity contribution < 1.29 is 37.0 Å². The molecule has 0 aromatic heterocycles. The minimum absolute atomic E-state index is 0.178. The molecule has 0 spiro atoms. The number of carbonyl (C=O) groups is 2. The van der Waals surface area contributed by atoms with Gasteiger partial charge in [0.15, 0.2) is 5.75 Å². The van der Waals surface area contributed by atoms with Crippen molar-refractivity contribution in [2.24, 2.45) is 0 Å². The summed E-state index contributed by atoms with van der Waals surface area (Å²) in [6.45, 7) is 0. The van der Waals surface area contributed by atoms with Gasteiger partial charge in [-0.05, 0) is 40.8 Å². The van der Waals surface area contributed by atoms with Crippen LogP contribution >= 0.6 is 22.6 Å². The molecule has 0 unspecified atom stereocenters. The lowest BCUT2D eigenvalue weighted by Gasteiger charge is -2.15. The van der Waals surface area contributed by atoms with E-state index in [4.69, 9.17) is 0 Å². The van der Waals surface area contributed by atoms with Gasteiger partial charge in [0.05, 0.1) is 26.0 Å². The summed E-state index contributed by atoms with van der Waals surface area (Å²) < 4.78 is 50.5. The highest BCUT2D eigenvalue weighted by molar-refractivity contribution is 14.1. The maximum Gasteiger partial charge on any atom is 0.573 e. The quantitative estimate of drug-likeness (QED) is 0.427.